The van der Waals surface area contributed by atoms with Gasteiger partial charge in [0.1, 0.15) is 12.4 Å². The zero-order valence-electron chi connectivity index (χ0n) is 21.4. The van der Waals surface area contributed by atoms with Crippen LogP contribution in [0.15, 0.2) is 60.8 Å². The van der Waals surface area contributed by atoms with E-state index in [4.69, 9.17) is 15.2 Å². The van der Waals surface area contributed by atoms with Crippen molar-refractivity contribution in [3.63, 3.8) is 0 Å². The lowest BCUT2D eigenvalue weighted by Crippen LogP contribution is -2.24. The Kier molecular flexibility index (Phi) is 6.00. The first-order valence-electron chi connectivity index (χ1n) is 12.4. The van der Waals surface area contributed by atoms with Crippen molar-refractivity contribution in [2.45, 2.75) is 13.5 Å². The summed E-state index contributed by atoms with van der Waals surface area (Å²) in [6.45, 7) is 3.01. The van der Waals surface area contributed by atoms with Gasteiger partial charge in [0.15, 0.2) is 11.5 Å². The van der Waals surface area contributed by atoms with Crippen molar-refractivity contribution in [3.8, 4) is 16.9 Å². The number of aromatic nitrogens is 2. The van der Waals surface area contributed by atoms with Crippen LogP contribution in [0.3, 0.4) is 0 Å². The van der Waals surface area contributed by atoms with Gasteiger partial charge in [-0.05, 0) is 36.8 Å². The molecule has 39 heavy (non-hydrogen) atoms. The second-order valence-corrected chi connectivity index (χ2v) is 9.50. The van der Waals surface area contributed by atoms with Crippen molar-refractivity contribution in [1.29, 1.82) is 0 Å². The standard InChI is InChI=1S/C30H25FN4O4/c1-16-6-7-17-15-35(30(37)21(17)12-16)24-5-3-4-19(26(24)31)22-14-33-28(29(32)36)27-25(22)20-9-8-18(13-23(20)34-27)39-11-10-38-2/h3-9,12-14,34H,10-11,15H2,1-2H3,(H2,32,36). The minimum absolute atomic E-state index is 0.0453. The van der Waals surface area contributed by atoms with Crippen LogP contribution in [0, 0.1) is 12.7 Å². The Bertz CT molecular complexity index is 1800. The first-order valence-corrected chi connectivity index (χ1v) is 12.4. The smallest absolute Gasteiger partial charge is 0.269 e. The highest BCUT2D eigenvalue weighted by Gasteiger charge is 2.31. The van der Waals surface area contributed by atoms with Crippen LogP contribution in [-0.2, 0) is 11.3 Å². The van der Waals surface area contributed by atoms with E-state index in [1.54, 1.807) is 37.4 Å². The van der Waals surface area contributed by atoms with Crippen molar-refractivity contribution in [3.05, 3.63) is 89.0 Å². The van der Waals surface area contributed by atoms with Crippen LogP contribution in [0.2, 0.25) is 0 Å². The fraction of sp³-hybridized carbons (Fsp3) is 0.167. The second-order valence-electron chi connectivity index (χ2n) is 9.50. The highest BCUT2D eigenvalue weighted by Crippen LogP contribution is 2.40. The molecule has 3 heterocycles. The number of halogens is 1. The summed E-state index contributed by atoms with van der Waals surface area (Å²) < 4.78 is 27.0. The molecule has 0 unspecified atom stereocenters. The molecule has 3 aromatic carbocycles. The van der Waals surface area contributed by atoms with E-state index >= 15 is 4.39 Å². The number of carbonyl (C=O) groups excluding carboxylic acids is 2. The summed E-state index contributed by atoms with van der Waals surface area (Å²) in [6, 6.07) is 16.1. The third-order valence-electron chi connectivity index (χ3n) is 7.02. The number of pyridine rings is 1. The Morgan fingerprint density at radius 2 is 1.95 bits per heavy atom. The van der Waals surface area contributed by atoms with E-state index in [9.17, 15) is 9.59 Å². The van der Waals surface area contributed by atoms with Crippen LogP contribution in [-0.4, -0.2) is 42.1 Å². The van der Waals surface area contributed by atoms with E-state index in [0.717, 1.165) is 16.5 Å². The molecule has 8 nitrogen and oxygen atoms in total. The molecule has 9 heteroatoms. The molecule has 0 fully saturated rings. The fourth-order valence-electron chi connectivity index (χ4n) is 5.16. The number of methoxy groups -OCH3 is 1. The molecule has 6 rings (SSSR count). The minimum atomic E-state index is -0.709. The molecule has 0 spiro atoms. The third kappa shape index (κ3) is 4.07. The number of aryl methyl sites for hydroxylation is 1. The summed E-state index contributed by atoms with van der Waals surface area (Å²) >= 11 is 0. The monoisotopic (exact) mass is 524 g/mol. The highest BCUT2D eigenvalue weighted by atomic mass is 19.1. The lowest BCUT2D eigenvalue weighted by molar-refractivity contribution is 0.0988. The van der Waals surface area contributed by atoms with Gasteiger partial charge in [-0.25, -0.2) is 9.37 Å². The van der Waals surface area contributed by atoms with E-state index in [2.05, 4.69) is 9.97 Å². The maximum atomic E-state index is 16.3. The summed E-state index contributed by atoms with van der Waals surface area (Å²) in [5.74, 6) is -0.902. The Morgan fingerprint density at radius 3 is 2.74 bits per heavy atom. The van der Waals surface area contributed by atoms with Crippen LogP contribution in [0.4, 0.5) is 10.1 Å². The number of hydrogen-bond donors (Lipinski definition) is 2. The first-order chi connectivity index (χ1) is 18.9. The van der Waals surface area contributed by atoms with Crippen LogP contribution in [0.5, 0.6) is 5.75 Å². The van der Waals surface area contributed by atoms with Gasteiger partial charge < -0.3 is 25.1 Å². The lowest BCUT2D eigenvalue weighted by atomic mass is 9.99. The number of carbonyl (C=O) groups is 2. The van der Waals surface area contributed by atoms with Gasteiger partial charge >= 0.3 is 0 Å². The summed E-state index contributed by atoms with van der Waals surface area (Å²) in [6.07, 6.45) is 1.45. The fourth-order valence-corrected chi connectivity index (χ4v) is 5.16. The zero-order valence-corrected chi connectivity index (χ0v) is 21.4. The molecule has 0 saturated carbocycles. The van der Waals surface area contributed by atoms with Crippen molar-refractivity contribution >= 4 is 39.3 Å². The number of primary amides is 1. The van der Waals surface area contributed by atoms with E-state index in [-0.39, 0.29) is 29.4 Å². The van der Waals surface area contributed by atoms with Gasteiger partial charge in [0.25, 0.3) is 11.8 Å². The molecule has 0 aliphatic carbocycles. The summed E-state index contributed by atoms with van der Waals surface area (Å²) in [5, 5.41) is 1.34. The zero-order chi connectivity index (χ0) is 27.3. The van der Waals surface area contributed by atoms with E-state index in [1.165, 1.54) is 11.1 Å². The molecule has 0 radical (unpaired) electrons. The maximum absolute atomic E-state index is 16.3. The number of nitrogens with two attached hydrogens (primary N) is 1. The molecule has 0 atom stereocenters. The predicted octanol–water partition coefficient (Wildman–Crippen LogP) is 5.12. The molecule has 1 aliphatic heterocycles. The number of benzene rings is 3. The van der Waals surface area contributed by atoms with Crippen molar-refractivity contribution in [2.75, 3.05) is 25.2 Å². The van der Waals surface area contributed by atoms with Gasteiger partial charge in [0.05, 0.1) is 29.9 Å². The van der Waals surface area contributed by atoms with Crippen LogP contribution >= 0.6 is 0 Å². The molecule has 196 valence electrons. The topological polar surface area (TPSA) is 111 Å². The average Bonchev–Trinajstić information content (AvgIpc) is 3.46. The number of hydrogen-bond acceptors (Lipinski definition) is 5. The number of nitrogens with one attached hydrogen (secondary N) is 1. The normalized spacial score (nSPS) is 12.9. The quantitative estimate of drug-likeness (QED) is 0.287. The number of amides is 2. The van der Waals surface area contributed by atoms with Crippen molar-refractivity contribution in [2.24, 2.45) is 5.73 Å². The highest BCUT2D eigenvalue weighted by molar-refractivity contribution is 6.19. The maximum Gasteiger partial charge on any atom is 0.269 e. The summed E-state index contributed by atoms with van der Waals surface area (Å²) in [4.78, 5) is 34.4. The summed E-state index contributed by atoms with van der Waals surface area (Å²) in [7, 11) is 1.59. The minimum Gasteiger partial charge on any atom is -0.491 e. The molecule has 3 N–H and O–H groups in total. The van der Waals surface area contributed by atoms with Gasteiger partial charge in [0, 0.05) is 46.8 Å². The molecule has 2 aromatic heterocycles. The van der Waals surface area contributed by atoms with Crippen LogP contribution in [0.1, 0.15) is 32.0 Å². The predicted molar refractivity (Wildman–Crippen MR) is 147 cm³/mol. The average molecular weight is 525 g/mol. The Balaban J connectivity index is 1.49. The molecular weight excluding hydrogens is 499 g/mol. The van der Waals surface area contributed by atoms with Crippen LogP contribution < -0.4 is 15.4 Å². The number of anilines is 1. The van der Waals surface area contributed by atoms with Gasteiger partial charge in [-0.2, -0.15) is 0 Å². The van der Waals surface area contributed by atoms with E-state index in [0.29, 0.717) is 46.5 Å². The SMILES string of the molecule is COCCOc1ccc2c(c1)[nH]c1c(C(N)=O)ncc(-c3cccc(N4Cc5ccc(C)cc5C4=O)c3F)c12. The number of nitrogens with zero attached hydrogens (tertiary/aromatic N) is 2. The van der Waals surface area contributed by atoms with Crippen LogP contribution in [0.25, 0.3) is 32.9 Å². The van der Waals surface area contributed by atoms with E-state index < -0.39 is 11.7 Å². The third-order valence-corrected chi connectivity index (χ3v) is 7.02. The second kappa shape index (κ2) is 9.52. The van der Waals surface area contributed by atoms with Gasteiger partial charge in [-0.15, -0.1) is 0 Å². The Labute approximate surface area is 223 Å². The van der Waals surface area contributed by atoms with Crippen molar-refractivity contribution in [1.82, 2.24) is 9.97 Å². The molecule has 1 aliphatic rings. The number of fused-ring (bicyclic) bond motifs is 4. The van der Waals surface area contributed by atoms with Crippen molar-refractivity contribution < 1.29 is 23.5 Å². The Hall–Kier alpha value is -4.76. The number of ether oxygens (including phenoxy) is 2. The number of aromatic amines is 1. The van der Waals surface area contributed by atoms with Gasteiger partial charge in [-0.1, -0.05) is 29.8 Å². The molecule has 0 saturated heterocycles. The molecule has 2 amide bonds. The van der Waals surface area contributed by atoms with Gasteiger partial charge in [-0.3, -0.25) is 9.59 Å². The first kappa shape index (κ1) is 24.6. The largest absolute Gasteiger partial charge is 0.491 e. The molecule has 0 bridgehead atoms. The van der Waals surface area contributed by atoms with E-state index in [1.807, 2.05) is 31.2 Å². The number of H-pyrrole nitrogens is 1. The molecule has 5 aromatic rings. The lowest BCUT2D eigenvalue weighted by Gasteiger charge is -2.18. The summed E-state index contributed by atoms with van der Waals surface area (Å²) in [5.41, 5.74) is 10.0. The Morgan fingerprint density at radius 1 is 1.10 bits per heavy atom. The van der Waals surface area contributed by atoms with Gasteiger partial charge in [0.2, 0.25) is 0 Å². The molecular formula is C30H25FN4O4. The number of rotatable bonds is 7.